The molecule has 3 aromatic rings. The molecule has 0 spiro atoms. The van der Waals surface area contributed by atoms with Crippen LogP contribution in [0.3, 0.4) is 0 Å². The van der Waals surface area contributed by atoms with E-state index in [2.05, 4.69) is 15.6 Å². The quantitative estimate of drug-likeness (QED) is 0.614. The van der Waals surface area contributed by atoms with Gasteiger partial charge in [-0.05, 0) is 55.7 Å². The Kier molecular flexibility index (Phi) is 6.09. The number of halogens is 1. The highest BCUT2D eigenvalue weighted by atomic mass is 35.5. The lowest BCUT2D eigenvalue weighted by Gasteiger charge is -2.11. The van der Waals surface area contributed by atoms with Crippen LogP contribution < -0.4 is 10.6 Å². The average Bonchev–Trinajstić information content (AvgIpc) is 2.66. The first-order chi connectivity index (χ1) is 13.0. The maximum atomic E-state index is 12.5. The van der Waals surface area contributed by atoms with Crippen LogP contribution in [0.4, 0.5) is 11.4 Å². The summed E-state index contributed by atoms with van der Waals surface area (Å²) in [4.78, 5) is 16.7. The maximum Gasteiger partial charge on any atom is 0.257 e. The number of aromatic nitrogens is 1. The molecule has 0 aliphatic rings. The largest absolute Gasteiger partial charge is 0.383 e. The molecule has 27 heavy (non-hydrogen) atoms. The minimum absolute atomic E-state index is 0.171. The van der Waals surface area contributed by atoms with E-state index in [1.54, 1.807) is 12.4 Å². The Balaban J connectivity index is 1.60. The minimum Gasteiger partial charge on any atom is -0.383 e. The van der Waals surface area contributed by atoms with Crippen molar-refractivity contribution in [3.05, 3.63) is 88.2 Å². The third kappa shape index (κ3) is 5.31. The van der Waals surface area contributed by atoms with Crippen molar-refractivity contribution in [2.75, 3.05) is 17.2 Å². The van der Waals surface area contributed by atoms with Gasteiger partial charge in [-0.15, -0.1) is 0 Å². The highest BCUT2D eigenvalue weighted by Gasteiger charge is 2.09. The van der Waals surface area contributed by atoms with Crippen LogP contribution >= 0.6 is 11.6 Å². The zero-order valence-electron chi connectivity index (χ0n) is 15.4. The molecule has 138 valence electrons. The number of carbonyl (C=O) groups is 1. The molecule has 0 atom stereocenters. The standard InChI is InChI=1S/C22H22ClN3O/c1-15-3-8-21(16(2)11-15)26-22(27)18-12-20(14-24-13-18)25-10-9-17-4-6-19(23)7-5-17/h3-8,11-14,25H,9-10H2,1-2H3,(H,26,27). The third-order valence-electron chi connectivity index (χ3n) is 4.29. The number of anilines is 2. The summed E-state index contributed by atoms with van der Waals surface area (Å²) in [6.07, 6.45) is 4.15. The molecule has 5 heteroatoms. The number of amides is 1. The molecular weight excluding hydrogens is 358 g/mol. The van der Waals surface area contributed by atoms with Gasteiger partial charge >= 0.3 is 0 Å². The lowest BCUT2D eigenvalue weighted by molar-refractivity contribution is 0.102. The monoisotopic (exact) mass is 379 g/mol. The molecule has 1 heterocycles. The number of nitrogens with zero attached hydrogens (tertiary/aromatic N) is 1. The van der Waals surface area contributed by atoms with Gasteiger partial charge in [-0.25, -0.2) is 0 Å². The summed E-state index contributed by atoms with van der Waals surface area (Å²) in [7, 11) is 0. The second-order valence-electron chi connectivity index (χ2n) is 6.54. The SMILES string of the molecule is Cc1ccc(NC(=O)c2cncc(NCCc3ccc(Cl)cc3)c2)c(C)c1. The third-order valence-corrected chi connectivity index (χ3v) is 4.54. The maximum absolute atomic E-state index is 12.5. The van der Waals surface area contributed by atoms with Crippen LogP contribution in [0.2, 0.25) is 5.02 Å². The smallest absolute Gasteiger partial charge is 0.257 e. The van der Waals surface area contributed by atoms with Gasteiger partial charge in [0.1, 0.15) is 0 Å². The van der Waals surface area contributed by atoms with Crippen molar-refractivity contribution >= 4 is 28.9 Å². The second-order valence-corrected chi connectivity index (χ2v) is 6.97. The number of nitrogens with one attached hydrogen (secondary N) is 2. The van der Waals surface area contributed by atoms with Crippen LogP contribution in [0, 0.1) is 13.8 Å². The molecule has 0 unspecified atom stereocenters. The average molecular weight is 380 g/mol. The van der Waals surface area contributed by atoms with Crippen LogP contribution in [-0.4, -0.2) is 17.4 Å². The number of benzene rings is 2. The zero-order valence-corrected chi connectivity index (χ0v) is 16.2. The molecule has 0 aliphatic carbocycles. The molecule has 0 aliphatic heterocycles. The molecule has 4 nitrogen and oxygen atoms in total. The molecule has 1 amide bonds. The molecule has 2 N–H and O–H groups in total. The van der Waals surface area contributed by atoms with Gasteiger partial charge in [0.05, 0.1) is 11.3 Å². The van der Waals surface area contributed by atoms with E-state index in [4.69, 9.17) is 11.6 Å². The van der Waals surface area contributed by atoms with Crippen molar-refractivity contribution in [2.24, 2.45) is 0 Å². The summed E-state index contributed by atoms with van der Waals surface area (Å²) < 4.78 is 0. The number of hydrogen-bond acceptors (Lipinski definition) is 3. The molecule has 0 bridgehead atoms. The van der Waals surface area contributed by atoms with E-state index in [1.807, 2.05) is 62.4 Å². The molecule has 0 saturated heterocycles. The van der Waals surface area contributed by atoms with Gasteiger partial charge in [0.2, 0.25) is 0 Å². The zero-order chi connectivity index (χ0) is 19.2. The van der Waals surface area contributed by atoms with E-state index in [0.29, 0.717) is 5.56 Å². The second kappa shape index (κ2) is 8.69. The Morgan fingerprint density at radius 2 is 1.81 bits per heavy atom. The number of aryl methyl sites for hydroxylation is 2. The topological polar surface area (TPSA) is 54.0 Å². The fraction of sp³-hybridized carbons (Fsp3) is 0.182. The van der Waals surface area contributed by atoms with Gasteiger partial charge in [-0.1, -0.05) is 41.4 Å². The lowest BCUT2D eigenvalue weighted by Crippen LogP contribution is -2.14. The van der Waals surface area contributed by atoms with Gasteiger partial charge in [-0.2, -0.15) is 0 Å². The Labute approximate surface area is 164 Å². The molecule has 0 saturated carbocycles. The number of pyridine rings is 1. The summed E-state index contributed by atoms with van der Waals surface area (Å²) in [5.74, 6) is -0.171. The Hall–Kier alpha value is -2.85. The minimum atomic E-state index is -0.171. The molecule has 2 aromatic carbocycles. The number of rotatable bonds is 6. The van der Waals surface area contributed by atoms with Crippen molar-refractivity contribution in [1.82, 2.24) is 4.98 Å². The Morgan fingerprint density at radius 1 is 1.04 bits per heavy atom. The van der Waals surface area contributed by atoms with Crippen LogP contribution in [0.5, 0.6) is 0 Å². The van der Waals surface area contributed by atoms with E-state index in [0.717, 1.165) is 34.9 Å². The first-order valence-corrected chi connectivity index (χ1v) is 9.21. The normalized spacial score (nSPS) is 10.5. The first-order valence-electron chi connectivity index (χ1n) is 8.83. The fourth-order valence-corrected chi connectivity index (χ4v) is 2.94. The van der Waals surface area contributed by atoms with Crippen LogP contribution in [0.1, 0.15) is 27.0 Å². The summed E-state index contributed by atoms with van der Waals surface area (Å²) in [5, 5.41) is 6.99. The predicted molar refractivity (Wildman–Crippen MR) is 112 cm³/mol. The van der Waals surface area contributed by atoms with Crippen molar-refractivity contribution < 1.29 is 4.79 Å². The van der Waals surface area contributed by atoms with Crippen LogP contribution in [0.25, 0.3) is 0 Å². The van der Waals surface area contributed by atoms with Crippen molar-refractivity contribution in [3.63, 3.8) is 0 Å². The highest BCUT2D eigenvalue weighted by molar-refractivity contribution is 6.30. The van der Waals surface area contributed by atoms with Gasteiger partial charge in [0.25, 0.3) is 5.91 Å². The molecule has 3 rings (SSSR count). The molecule has 0 fully saturated rings. The Bertz CT molecular complexity index is 939. The van der Waals surface area contributed by atoms with E-state index < -0.39 is 0 Å². The Morgan fingerprint density at radius 3 is 2.56 bits per heavy atom. The van der Waals surface area contributed by atoms with Crippen molar-refractivity contribution in [3.8, 4) is 0 Å². The van der Waals surface area contributed by atoms with Crippen molar-refractivity contribution in [2.45, 2.75) is 20.3 Å². The lowest BCUT2D eigenvalue weighted by atomic mass is 10.1. The summed E-state index contributed by atoms with van der Waals surface area (Å²) in [6, 6.07) is 15.6. The van der Waals surface area contributed by atoms with E-state index in [9.17, 15) is 4.79 Å². The predicted octanol–water partition coefficient (Wildman–Crippen LogP) is 5.26. The van der Waals surface area contributed by atoms with Gasteiger partial charge in [0.15, 0.2) is 0 Å². The van der Waals surface area contributed by atoms with Gasteiger partial charge in [0, 0.05) is 29.6 Å². The van der Waals surface area contributed by atoms with E-state index >= 15 is 0 Å². The van der Waals surface area contributed by atoms with Gasteiger partial charge in [-0.3, -0.25) is 9.78 Å². The molecule has 0 radical (unpaired) electrons. The summed E-state index contributed by atoms with van der Waals surface area (Å²) in [6.45, 7) is 4.75. The number of hydrogen-bond donors (Lipinski definition) is 2. The number of carbonyl (C=O) groups excluding carboxylic acids is 1. The summed E-state index contributed by atoms with van der Waals surface area (Å²) in [5.41, 5.74) is 5.55. The summed E-state index contributed by atoms with van der Waals surface area (Å²) >= 11 is 5.90. The molecule has 1 aromatic heterocycles. The van der Waals surface area contributed by atoms with E-state index in [-0.39, 0.29) is 5.91 Å². The van der Waals surface area contributed by atoms with Crippen molar-refractivity contribution in [1.29, 1.82) is 0 Å². The molecular formula is C22H22ClN3O. The highest BCUT2D eigenvalue weighted by Crippen LogP contribution is 2.18. The van der Waals surface area contributed by atoms with Crippen LogP contribution in [0.15, 0.2) is 60.9 Å². The van der Waals surface area contributed by atoms with Gasteiger partial charge < -0.3 is 10.6 Å². The van der Waals surface area contributed by atoms with Crippen LogP contribution in [-0.2, 0) is 6.42 Å². The van der Waals surface area contributed by atoms with E-state index in [1.165, 1.54) is 11.1 Å². The first kappa shape index (κ1) is 18.9. The fourth-order valence-electron chi connectivity index (χ4n) is 2.81.